The van der Waals surface area contributed by atoms with Crippen LogP contribution in [0, 0.1) is 0 Å². The predicted molar refractivity (Wildman–Crippen MR) is 93.4 cm³/mol. The zero-order valence-electron chi connectivity index (χ0n) is 15.1. The second-order valence-electron chi connectivity index (χ2n) is 7.18. The maximum Gasteiger partial charge on any atom is 0.339 e. The minimum Gasteiger partial charge on any atom is -0.445 e. The maximum absolute atomic E-state index is 12.7. The molecular weight excluding hydrogens is 320 g/mol. The van der Waals surface area contributed by atoms with E-state index < -0.39 is 11.6 Å². The van der Waals surface area contributed by atoms with Crippen LogP contribution in [-0.4, -0.2) is 60.8 Å². The van der Waals surface area contributed by atoms with E-state index in [0.29, 0.717) is 31.2 Å². The van der Waals surface area contributed by atoms with E-state index in [1.807, 2.05) is 12.1 Å². The SMILES string of the molecule is C[C@H](CNC(=O)[C@]1(C)Cc2ccccc2C(=O)O1)N1CCOC[C@H]1C. The van der Waals surface area contributed by atoms with Crippen LogP contribution < -0.4 is 5.32 Å². The highest BCUT2D eigenvalue weighted by Crippen LogP contribution is 2.28. The third-order valence-electron chi connectivity index (χ3n) is 5.11. The number of hydrogen-bond acceptors (Lipinski definition) is 5. The number of carbonyl (C=O) groups excluding carboxylic acids is 2. The highest BCUT2D eigenvalue weighted by atomic mass is 16.6. The highest BCUT2D eigenvalue weighted by Gasteiger charge is 2.42. The van der Waals surface area contributed by atoms with Crippen LogP contribution in [0.5, 0.6) is 0 Å². The zero-order valence-corrected chi connectivity index (χ0v) is 15.1. The van der Waals surface area contributed by atoms with Gasteiger partial charge in [0, 0.05) is 31.6 Å². The summed E-state index contributed by atoms with van der Waals surface area (Å²) in [4.78, 5) is 27.2. The molecule has 136 valence electrons. The van der Waals surface area contributed by atoms with Crippen molar-refractivity contribution in [2.75, 3.05) is 26.3 Å². The van der Waals surface area contributed by atoms with Crippen molar-refractivity contribution in [2.24, 2.45) is 0 Å². The second-order valence-corrected chi connectivity index (χ2v) is 7.18. The maximum atomic E-state index is 12.7. The number of ether oxygens (including phenoxy) is 2. The van der Waals surface area contributed by atoms with Crippen LogP contribution >= 0.6 is 0 Å². The standard InChI is InChI=1S/C19H26N2O4/c1-13(21-8-9-24-12-14(21)2)11-20-18(23)19(3)10-15-6-4-5-7-16(15)17(22)25-19/h4-7,13-14H,8-12H2,1-3H3,(H,20,23)/t13-,14-,19+/m1/s1. The molecule has 25 heavy (non-hydrogen) atoms. The molecule has 1 aromatic carbocycles. The Hall–Kier alpha value is -1.92. The fraction of sp³-hybridized carbons (Fsp3) is 0.579. The third kappa shape index (κ3) is 3.70. The Labute approximate surface area is 148 Å². The van der Waals surface area contributed by atoms with Gasteiger partial charge in [0.1, 0.15) is 0 Å². The Kier molecular flexibility index (Phi) is 5.11. The summed E-state index contributed by atoms with van der Waals surface area (Å²) in [6, 6.07) is 7.80. The number of esters is 1. The quantitative estimate of drug-likeness (QED) is 0.835. The van der Waals surface area contributed by atoms with E-state index in [1.54, 1.807) is 19.1 Å². The smallest absolute Gasteiger partial charge is 0.339 e. The summed E-state index contributed by atoms with van der Waals surface area (Å²) in [7, 11) is 0. The molecule has 1 aromatic rings. The molecule has 3 rings (SSSR count). The first-order valence-electron chi connectivity index (χ1n) is 8.84. The van der Waals surface area contributed by atoms with Crippen molar-refractivity contribution < 1.29 is 19.1 Å². The van der Waals surface area contributed by atoms with Crippen LogP contribution in [0.1, 0.15) is 36.7 Å². The Balaban J connectivity index is 1.62. The van der Waals surface area contributed by atoms with Crippen molar-refractivity contribution >= 4 is 11.9 Å². The summed E-state index contributed by atoms with van der Waals surface area (Å²) in [5, 5.41) is 2.96. The molecule has 0 aliphatic carbocycles. The lowest BCUT2D eigenvalue weighted by Crippen LogP contribution is -2.56. The first-order chi connectivity index (χ1) is 11.9. The molecule has 0 aromatic heterocycles. The van der Waals surface area contributed by atoms with Gasteiger partial charge < -0.3 is 14.8 Å². The molecule has 1 fully saturated rings. The molecule has 0 radical (unpaired) electrons. The van der Waals surface area contributed by atoms with Crippen LogP contribution in [0.3, 0.4) is 0 Å². The van der Waals surface area contributed by atoms with E-state index in [4.69, 9.17) is 9.47 Å². The van der Waals surface area contributed by atoms with Gasteiger partial charge in [-0.15, -0.1) is 0 Å². The highest BCUT2D eigenvalue weighted by molar-refractivity contribution is 5.97. The summed E-state index contributed by atoms with van der Waals surface area (Å²) in [6.07, 6.45) is 0.392. The molecule has 1 saturated heterocycles. The van der Waals surface area contributed by atoms with Crippen LogP contribution in [0.15, 0.2) is 24.3 Å². The molecule has 6 heteroatoms. The van der Waals surface area contributed by atoms with Crippen molar-refractivity contribution in [3.8, 4) is 0 Å². The van der Waals surface area contributed by atoms with Crippen molar-refractivity contribution in [3.05, 3.63) is 35.4 Å². The topological polar surface area (TPSA) is 67.9 Å². The van der Waals surface area contributed by atoms with Gasteiger partial charge in [-0.3, -0.25) is 9.69 Å². The number of hydrogen-bond donors (Lipinski definition) is 1. The molecule has 2 heterocycles. The fourth-order valence-electron chi connectivity index (χ4n) is 3.60. The molecule has 2 aliphatic rings. The van der Waals surface area contributed by atoms with E-state index in [9.17, 15) is 9.59 Å². The minimum atomic E-state index is -1.16. The average Bonchev–Trinajstić information content (AvgIpc) is 2.59. The summed E-state index contributed by atoms with van der Waals surface area (Å²) in [5.41, 5.74) is 0.233. The number of cyclic esters (lactones) is 1. The van der Waals surface area contributed by atoms with Crippen molar-refractivity contribution in [1.29, 1.82) is 0 Å². The van der Waals surface area contributed by atoms with Crippen molar-refractivity contribution in [3.63, 3.8) is 0 Å². The van der Waals surface area contributed by atoms with Crippen LogP contribution in [-0.2, 0) is 20.7 Å². The first kappa shape index (κ1) is 17.9. The van der Waals surface area contributed by atoms with Crippen LogP contribution in [0.2, 0.25) is 0 Å². The molecule has 0 spiro atoms. The number of morpholine rings is 1. The molecule has 1 amide bonds. The average molecular weight is 346 g/mol. The number of nitrogens with one attached hydrogen (secondary N) is 1. The Morgan fingerprint density at radius 1 is 1.44 bits per heavy atom. The Morgan fingerprint density at radius 2 is 2.20 bits per heavy atom. The summed E-state index contributed by atoms with van der Waals surface area (Å²) in [5.74, 6) is -0.683. The lowest BCUT2D eigenvalue weighted by Gasteiger charge is -2.38. The fourth-order valence-corrected chi connectivity index (χ4v) is 3.60. The number of benzene rings is 1. The van der Waals surface area contributed by atoms with Gasteiger partial charge in [0.2, 0.25) is 0 Å². The Bertz CT molecular complexity index is 663. The molecule has 0 bridgehead atoms. The largest absolute Gasteiger partial charge is 0.445 e. The predicted octanol–water partition coefficient (Wildman–Crippen LogP) is 1.38. The minimum absolute atomic E-state index is 0.193. The summed E-state index contributed by atoms with van der Waals surface area (Å²) in [6.45, 7) is 8.69. The molecule has 1 N–H and O–H groups in total. The van der Waals surface area contributed by atoms with E-state index >= 15 is 0 Å². The molecule has 6 nitrogen and oxygen atoms in total. The monoisotopic (exact) mass is 346 g/mol. The molecule has 0 saturated carbocycles. The van der Waals surface area contributed by atoms with E-state index in [2.05, 4.69) is 24.1 Å². The normalized spacial score (nSPS) is 28.0. The molecule has 3 atom stereocenters. The zero-order chi connectivity index (χ0) is 18.0. The summed E-state index contributed by atoms with van der Waals surface area (Å²) < 4.78 is 10.9. The van der Waals surface area contributed by atoms with Gasteiger partial charge in [-0.1, -0.05) is 18.2 Å². The van der Waals surface area contributed by atoms with Gasteiger partial charge in [-0.25, -0.2) is 4.79 Å². The van der Waals surface area contributed by atoms with Crippen LogP contribution in [0.4, 0.5) is 0 Å². The van der Waals surface area contributed by atoms with Gasteiger partial charge in [-0.05, 0) is 32.4 Å². The lowest BCUT2D eigenvalue weighted by atomic mass is 9.89. The van der Waals surface area contributed by atoms with Gasteiger partial charge in [0.15, 0.2) is 5.60 Å². The first-order valence-corrected chi connectivity index (χ1v) is 8.84. The van der Waals surface area contributed by atoms with Gasteiger partial charge in [0.25, 0.3) is 5.91 Å². The van der Waals surface area contributed by atoms with E-state index in [1.165, 1.54) is 0 Å². The third-order valence-corrected chi connectivity index (χ3v) is 5.11. The van der Waals surface area contributed by atoms with E-state index in [-0.39, 0.29) is 11.9 Å². The number of nitrogens with zero attached hydrogens (tertiary/aromatic N) is 1. The summed E-state index contributed by atoms with van der Waals surface area (Å²) >= 11 is 0. The number of rotatable bonds is 4. The number of amides is 1. The Morgan fingerprint density at radius 3 is 2.96 bits per heavy atom. The van der Waals surface area contributed by atoms with Crippen molar-refractivity contribution in [2.45, 2.75) is 44.9 Å². The van der Waals surface area contributed by atoms with Crippen molar-refractivity contribution in [1.82, 2.24) is 10.2 Å². The van der Waals surface area contributed by atoms with Gasteiger partial charge in [-0.2, -0.15) is 0 Å². The van der Waals surface area contributed by atoms with Gasteiger partial charge >= 0.3 is 5.97 Å². The molecular formula is C19H26N2O4. The second kappa shape index (κ2) is 7.14. The number of carbonyl (C=O) groups is 2. The molecule has 0 unspecified atom stereocenters. The number of fused-ring (bicyclic) bond motifs is 1. The van der Waals surface area contributed by atoms with E-state index in [0.717, 1.165) is 18.7 Å². The van der Waals surface area contributed by atoms with Gasteiger partial charge in [0.05, 0.1) is 18.8 Å². The lowest BCUT2D eigenvalue weighted by molar-refractivity contribution is -0.140. The van der Waals surface area contributed by atoms with Crippen LogP contribution in [0.25, 0.3) is 0 Å². The molecule has 2 aliphatic heterocycles.